The summed E-state index contributed by atoms with van der Waals surface area (Å²) >= 11 is 7.01. The third-order valence-electron chi connectivity index (χ3n) is 4.32. The van der Waals surface area contributed by atoms with E-state index >= 15 is 0 Å². The second-order valence-electron chi connectivity index (χ2n) is 6.40. The number of H-pyrrole nitrogens is 1. The molecule has 3 aromatic rings. The van der Waals surface area contributed by atoms with Gasteiger partial charge < -0.3 is 15.6 Å². The summed E-state index contributed by atoms with van der Waals surface area (Å²) in [7, 11) is 0. The predicted molar refractivity (Wildman–Crippen MR) is 111 cm³/mol. The highest BCUT2D eigenvalue weighted by Gasteiger charge is 2.21. The summed E-state index contributed by atoms with van der Waals surface area (Å²) in [6.45, 7) is 5.14. The maximum absolute atomic E-state index is 12.6. The van der Waals surface area contributed by atoms with Gasteiger partial charge in [0.25, 0.3) is 0 Å². The number of ether oxygens (including phenoxy) is 1. The Morgan fingerprint density at radius 1 is 1.24 bits per heavy atom. The second kappa shape index (κ2) is 8.71. The zero-order chi connectivity index (χ0) is 21.1. The van der Waals surface area contributed by atoms with E-state index in [1.807, 2.05) is 0 Å². The van der Waals surface area contributed by atoms with Crippen molar-refractivity contribution in [3.05, 3.63) is 57.6 Å². The summed E-state index contributed by atoms with van der Waals surface area (Å²) in [4.78, 5) is 27.3. The standard InChI is InChI=1S/C19H20ClN5O3S/c1-10-17(12(3)26)11(2)22-18(10)15(27)9-29-19-24-23-16(25(19)21)8-28-14-6-4-13(20)5-7-14/h4-7,22H,8-9,21H2,1-3H3. The van der Waals surface area contributed by atoms with Gasteiger partial charge in [0, 0.05) is 16.3 Å². The van der Waals surface area contributed by atoms with Crippen LogP contribution in [0.2, 0.25) is 5.02 Å². The molecule has 0 aliphatic rings. The van der Waals surface area contributed by atoms with E-state index in [4.69, 9.17) is 22.2 Å². The third-order valence-corrected chi connectivity index (χ3v) is 5.51. The Morgan fingerprint density at radius 2 is 1.93 bits per heavy atom. The van der Waals surface area contributed by atoms with Crippen molar-refractivity contribution in [2.24, 2.45) is 0 Å². The number of nitrogens with two attached hydrogens (primary N) is 1. The van der Waals surface area contributed by atoms with Crippen LogP contribution in [0.5, 0.6) is 5.75 Å². The molecular formula is C19H20ClN5O3S. The van der Waals surface area contributed by atoms with Crippen molar-refractivity contribution < 1.29 is 14.3 Å². The molecule has 10 heteroatoms. The lowest BCUT2D eigenvalue weighted by Gasteiger charge is -2.06. The van der Waals surface area contributed by atoms with E-state index in [0.717, 1.165) is 11.8 Å². The number of carbonyl (C=O) groups excluding carboxylic acids is 2. The minimum absolute atomic E-state index is 0.0741. The average Bonchev–Trinajstić information content (AvgIpc) is 3.18. The zero-order valence-electron chi connectivity index (χ0n) is 16.2. The van der Waals surface area contributed by atoms with E-state index in [1.54, 1.807) is 38.1 Å². The van der Waals surface area contributed by atoms with Gasteiger partial charge in [-0.25, -0.2) is 4.68 Å². The molecule has 0 spiro atoms. The molecule has 0 saturated carbocycles. The van der Waals surface area contributed by atoms with Gasteiger partial charge in [-0.15, -0.1) is 10.2 Å². The third kappa shape index (κ3) is 4.63. The van der Waals surface area contributed by atoms with Crippen LogP contribution in [0.1, 0.15) is 44.9 Å². The maximum Gasteiger partial charge on any atom is 0.210 e. The number of nitrogens with zero attached hydrogens (tertiary/aromatic N) is 3. The van der Waals surface area contributed by atoms with Gasteiger partial charge in [0.15, 0.2) is 17.4 Å². The predicted octanol–water partition coefficient (Wildman–Crippen LogP) is 3.35. The summed E-state index contributed by atoms with van der Waals surface area (Å²) in [5, 5.41) is 9.03. The smallest absolute Gasteiger partial charge is 0.210 e. The van der Waals surface area contributed by atoms with Crippen LogP contribution in [0, 0.1) is 13.8 Å². The van der Waals surface area contributed by atoms with Crippen molar-refractivity contribution in [2.75, 3.05) is 11.6 Å². The van der Waals surface area contributed by atoms with Crippen LogP contribution in [0.4, 0.5) is 0 Å². The number of nitrogen functional groups attached to an aromatic ring is 1. The van der Waals surface area contributed by atoms with E-state index < -0.39 is 0 Å². The van der Waals surface area contributed by atoms with Crippen LogP contribution >= 0.6 is 23.4 Å². The van der Waals surface area contributed by atoms with E-state index in [9.17, 15) is 9.59 Å². The van der Waals surface area contributed by atoms with Crippen molar-refractivity contribution in [2.45, 2.75) is 32.5 Å². The van der Waals surface area contributed by atoms with Gasteiger partial charge in [-0.2, -0.15) is 0 Å². The first-order chi connectivity index (χ1) is 13.8. The lowest BCUT2D eigenvalue weighted by Crippen LogP contribution is -2.16. The number of benzene rings is 1. The quantitative estimate of drug-likeness (QED) is 0.318. The van der Waals surface area contributed by atoms with Crippen LogP contribution in [0.25, 0.3) is 0 Å². The highest BCUT2D eigenvalue weighted by Crippen LogP contribution is 2.22. The molecule has 0 atom stereocenters. The Hall–Kier alpha value is -2.78. The number of hydrogen-bond acceptors (Lipinski definition) is 7. The molecule has 0 bridgehead atoms. The summed E-state index contributed by atoms with van der Waals surface area (Å²) in [6.07, 6.45) is 0. The number of thioether (sulfide) groups is 1. The van der Waals surface area contributed by atoms with Crippen LogP contribution in [-0.4, -0.2) is 37.2 Å². The Morgan fingerprint density at radius 3 is 2.55 bits per heavy atom. The highest BCUT2D eigenvalue weighted by atomic mass is 35.5. The van der Waals surface area contributed by atoms with Gasteiger partial charge in [-0.1, -0.05) is 23.4 Å². The zero-order valence-corrected chi connectivity index (χ0v) is 17.7. The summed E-state index contributed by atoms with van der Waals surface area (Å²) in [5.74, 6) is 6.94. The van der Waals surface area contributed by atoms with Gasteiger partial charge in [0.05, 0.1) is 11.4 Å². The molecule has 3 rings (SSSR count). The first-order valence-corrected chi connectivity index (χ1v) is 10.1. The monoisotopic (exact) mass is 433 g/mol. The first kappa shape index (κ1) is 20.9. The molecule has 2 heterocycles. The van der Waals surface area contributed by atoms with Gasteiger partial charge in [0.2, 0.25) is 5.16 Å². The summed E-state index contributed by atoms with van der Waals surface area (Å²) < 4.78 is 6.91. The number of aromatic amines is 1. The van der Waals surface area contributed by atoms with Gasteiger partial charge in [-0.3, -0.25) is 9.59 Å². The fourth-order valence-electron chi connectivity index (χ4n) is 2.94. The normalized spacial score (nSPS) is 10.9. The molecule has 0 aliphatic heterocycles. The van der Waals surface area contributed by atoms with Crippen LogP contribution in [0.15, 0.2) is 29.4 Å². The first-order valence-electron chi connectivity index (χ1n) is 8.71. The molecule has 1 aromatic carbocycles. The Balaban J connectivity index is 1.63. The van der Waals surface area contributed by atoms with Gasteiger partial charge >= 0.3 is 0 Å². The molecule has 0 radical (unpaired) electrons. The average molecular weight is 434 g/mol. The minimum atomic E-state index is -0.148. The molecule has 29 heavy (non-hydrogen) atoms. The number of aryl methyl sites for hydroxylation is 1. The number of carbonyl (C=O) groups is 2. The minimum Gasteiger partial charge on any atom is -0.486 e. The summed E-state index contributed by atoms with van der Waals surface area (Å²) in [5.41, 5.74) is 2.33. The van der Waals surface area contributed by atoms with Crippen LogP contribution in [-0.2, 0) is 6.61 Å². The van der Waals surface area contributed by atoms with Crippen molar-refractivity contribution in [1.29, 1.82) is 0 Å². The molecular weight excluding hydrogens is 414 g/mol. The molecule has 2 aromatic heterocycles. The summed E-state index contributed by atoms with van der Waals surface area (Å²) in [6, 6.07) is 6.92. The topological polar surface area (TPSA) is 116 Å². The number of halogens is 1. The van der Waals surface area contributed by atoms with Crippen molar-refractivity contribution in [3.63, 3.8) is 0 Å². The number of nitrogens with one attached hydrogen (secondary N) is 1. The number of ketones is 2. The Labute approximate surface area is 176 Å². The van der Waals surface area contributed by atoms with Gasteiger partial charge in [0.1, 0.15) is 12.4 Å². The maximum atomic E-state index is 12.6. The molecule has 0 unspecified atom stereocenters. The number of rotatable bonds is 8. The number of aromatic nitrogens is 4. The number of hydrogen-bond donors (Lipinski definition) is 2. The fraction of sp³-hybridized carbons (Fsp3) is 0.263. The molecule has 0 aliphatic carbocycles. The molecule has 0 saturated heterocycles. The Kier molecular flexibility index (Phi) is 6.29. The Bertz CT molecular complexity index is 1060. The van der Waals surface area contributed by atoms with Crippen molar-refractivity contribution in [3.8, 4) is 5.75 Å². The fourth-order valence-corrected chi connectivity index (χ4v) is 3.82. The van der Waals surface area contributed by atoms with Crippen LogP contribution in [0.3, 0.4) is 0 Å². The second-order valence-corrected chi connectivity index (χ2v) is 7.78. The van der Waals surface area contributed by atoms with E-state index in [-0.39, 0.29) is 23.9 Å². The number of Topliss-reactive ketones (excluding diaryl/α,β-unsaturated/α-hetero) is 2. The largest absolute Gasteiger partial charge is 0.486 e. The molecule has 0 fully saturated rings. The highest BCUT2D eigenvalue weighted by molar-refractivity contribution is 7.99. The van der Waals surface area contributed by atoms with E-state index in [2.05, 4.69) is 15.2 Å². The van der Waals surface area contributed by atoms with E-state index in [1.165, 1.54) is 11.6 Å². The lowest BCUT2D eigenvalue weighted by molar-refractivity contribution is 0.101. The van der Waals surface area contributed by atoms with E-state index in [0.29, 0.717) is 44.3 Å². The SMILES string of the molecule is CC(=O)c1c(C)[nH]c(C(=O)CSc2nnc(COc3ccc(Cl)cc3)n2N)c1C. The molecule has 8 nitrogen and oxygen atoms in total. The molecule has 152 valence electrons. The molecule has 0 amide bonds. The van der Waals surface area contributed by atoms with Crippen molar-refractivity contribution in [1.82, 2.24) is 19.9 Å². The lowest BCUT2D eigenvalue weighted by atomic mass is 10.1. The van der Waals surface area contributed by atoms with Crippen LogP contribution < -0.4 is 10.6 Å². The van der Waals surface area contributed by atoms with Gasteiger partial charge in [-0.05, 0) is 50.6 Å². The van der Waals surface area contributed by atoms with Crippen molar-refractivity contribution >= 4 is 34.9 Å². The molecule has 3 N–H and O–H groups in total.